The van der Waals surface area contributed by atoms with Gasteiger partial charge in [0.05, 0.1) is 5.25 Å². The van der Waals surface area contributed by atoms with Crippen molar-refractivity contribution in [1.29, 1.82) is 0 Å². The third kappa shape index (κ3) is 1.89. The van der Waals surface area contributed by atoms with Crippen molar-refractivity contribution >= 4 is 32.2 Å². The Hall–Kier alpha value is -0.820. The standard InChI is InChI=1S/C11H17N3O2S2/c1-11(2)5-7(11)13-10-8(9(12)14-17-10)18(15,16)6-3-4-6/h6-7,13H,3-5H2,1-2H3,(H2,12,14). The molecular weight excluding hydrogens is 270 g/mol. The zero-order valence-electron chi connectivity index (χ0n) is 10.4. The first-order valence-corrected chi connectivity index (χ1v) is 8.40. The number of aromatic nitrogens is 1. The molecule has 1 aromatic rings. The summed E-state index contributed by atoms with van der Waals surface area (Å²) in [5.74, 6) is 0.146. The van der Waals surface area contributed by atoms with Crippen molar-refractivity contribution in [2.45, 2.75) is 49.3 Å². The molecule has 7 heteroatoms. The third-order valence-corrected chi connectivity index (χ3v) is 6.99. The van der Waals surface area contributed by atoms with E-state index in [1.807, 2.05) is 0 Å². The number of rotatable bonds is 4. The molecule has 5 nitrogen and oxygen atoms in total. The molecule has 1 heterocycles. The van der Waals surface area contributed by atoms with Crippen molar-refractivity contribution in [3.63, 3.8) is 0 Å². The Kier molecular flexibility index (Phi) is 2.45. The SMILES string of the molecule is CC1(C)CC1Nc1snc(N)c1S(=O)(=O)C1CC1. The lowest BCUT2D eigenvalue weighted by molar-refractivity contribution is 0.595. The monoisotopic (exact) mass is 287 g/mol. The maximum Gasteiger partial charge on any atom is 0.187 e. The number of anilines is 2. The molecule has 100 valence electrons. The number of nitrogens with two attached hydrogens (primary N) is 1. The van der Waals surface area contributed by atoms with Gasteiger partial charge in [-0.2, -0.15) is 4.37 Å². The van der Waals surface area contributed by atoms with Gasteiger partial charge in [-0.05, 0) is 36.2 Å². The number of nitrogens with zero attached hydrogens (tertiary/aromatic N) is 1. The van der Waals surface area contributed by atoms with Gasteiger partial charge in [0, 0.05) is 6.04 Å². The fraction of sp³-hybridized carbons (Fsp3) is 0.727. The largest absolute Gasteiger partial charge is 0.382 e. The molecule has 0 bridgehead atoms. The van der Waals surface area contributed by atoms with Gasteiger partial charge in [0.1, 0.15) is 9.90 Å². The van der Waals surface area contributed by atoms with Gasteiger partial charge in [-0.15, -0.1) is 0 Å². The predicted octanol–water partition coefficient (Wildman–Crippen LogP) is 1.87. The summed E-state index contributed by atoms with van der Waals surface area (Å²) in [5, 5.41) is 3.66. The summed E-state index contributed by atoms with van der Waals surface area (Å²) >= 11 is 1.15. The fourth-order valence-electron chi connectivity index (χ4n) is 2.08. The van der Waals surface area contributed by atoms with E-state index in [1.165, 1.54) is 0 Å². The predicted molar refractivity (Wildman–Crippen MR) is 72.5 cm³/mol. The molecule has 0 aliphatic heterocycles. The highest BCUT2D eigenvalue weighted by molar-refractivity contribution is 7.92. The second-order valence-electron chi connectivity index (χ2n) is 5.86. The maximum atomic E-state index is 12.3. The van der Waals surface area contributed by atoms with Crippen LogP contribution in [0.3, 0.4) is 0 Å². The summed E-state index contributed by atoms with van der Waals surface area (Å²) in [7, 11) is -3.28. The summed E-state index contributed by atoms with van der Waals surface area (Å²) in [4.78, 5) is 0.234. The Labute approximate surface area is 111 Å². The number of nitrogen functional groups attached to an aromatic ring is 1. The number of hydrogen-bond donors (Lipinski definition) is 2. The van der Waals surface area contributed by atoms with Gasteiger partial charge >= 0.3 is 0 Å². The van der Waals surface area contributed by atoms with E-state index in [1.54, 1.807) is 0 Å². The zero-order valence-corrected chi connectivity index (χ0v) is 12.1. The summed E-state index contributed by atoms with van der Waals surface area (Å²) in [6.45, 7) is 4.31. The van der Waals surface area contributed by atoms with Crippen LogP contribution in [0.4, 0.5) is 10.8 Å². The van der Waals surface area contributed by atoms with Crippen molar-refractivity contribution in [2.75, 3.05) is 11.1 Å². The summed E-state index contributed by atoms with van der Waals surface area (Å²) in [5.41, 5.74) is 5.97. The lowest BCUT2D eigenvalue weighted by Gasteiger charge is -2.08. The molecule has 0 spiro atoms. The van der Waals surface area contributed by atoms with Gasteiger partial charge in [0.2, 0.25) is 0 Å². The highest BCUT2D eigenvalue weighted by Crippen LogP contribution is 2.49. The molecule has 3 N–H and O–H groups in total. The molecule has 1 unspecified atom stereocenters. The van der Waals surface area contributed by atoms with Crippen molar-refractivity contribution < 1.29 is 8.42 Å². The van der Waals surface area contributed by atoms with Crippen LogP contribution in [0.25, 0.3) is 0 Å². The van der Waals surface area contributed by atoms with Crippen LogP contribution >= 0.6 is 11.5 Å². The van der Waals surface area contributed by atoms with Gasteiger partial charge in [0.15, 0.2) is 15.7 Å². The summed E-state index contributed by atoms with van der Waals surface area (Å²) < 4.78 is 28.6. The molecule has 2 aliphatic carbocycles. The number of nitrogens with one attached hydrogen (secondary N) is 1. The second-order valence-corrected chi connectivity index (χ2v) is 8.80. The van der Waals surface area contributed by atoms with Crippen molar-refractivity contribution in [3.8, 4) is 0 Å². The Morgan fingerprint density at radius 1 is 1.44 bits per heavy atom. The van der Waals surface area contributed by atoms with Crippen LogP contribution in [0.2, 0.25) is 0 Å². The van der Waals surface area contributed by atoms with Gasteiger partial charge in [-0.25, -0.2) is 8.42 Å². The summed E-state index contributed by atoms with van der Waals surface area (Å²) in [6.07, 6.45) is 2.53. The van der Waals surface area contributed by atoms with Crippen LogP contribution in [0.1, 0.15) is 33.1 Å². The zero-order chi connectivity index (χ0) is 13.1. The van der Waals surface area contributed by atoms with Crippen LogP contribution < -0.4 is 11.1 Å². The molecule has 2 aliphatic rings. The van der Waals surface area contributed by atoms with Crippen molar-refractivity contribution in [2.24, 2.45) is 5.41 Å². The molecule has 0 aromatic carbocycles. The van der Waals surface area contributed by atoms with Crippen LogP contribution in [0, 0.1) is 5.41 Å². The lowest BCUT2D eigenvalue weighted by Crippen LogP contribution is -2.14. The van der Waals surface area contributed by atoms with Gasteiger partial charge < -0.3 is 11.1 Å². The average molecular weight is 287 g/mol. The fourth-order valence-corrected chi connectivity index (χ4v) is 5.00. The van der Waals surface area contributed by atoms with E-state index in [0.717, 1.165) is 30.8 Å². The number of hydrogen-bond acceptors (Lipinski definition) is 6. The van der Waals surface area contributed by atoms with E-state index in [2.05, 4.69) is 23.5 Å². The Balaban J connectivity index is 1.92. The summed E-state index contributed by atoms with van der Waals surface area (Å²) in [6, 6.07) is 0.325. The van der Waals surface area contributed by atoms with E-state index >= 15 is 0 Å². The first kappa shape index (κ1) is 12.2. The minimum absolute atomic E-state index is 0.146. The third-order valence-electron chi connectivity index (χ3n) is 3.74. The Morgan fingerprint density at radius 2 is 2.06 bits per heavy atom. The maximum absolute atomic E-state index is 12.3. The molecule has 0 saturated heterocycles. The lowest BCUT2D eigenvalue weighted by atomic mass is 10.2. The second kappa shape index (κ2) is 3.60. The van der Waals surface area contributed by atoms with E-state index in [9.17, 15) is 8.42 Å². The van der Waals surface area contributed by atoms with Gasteiger partial charge in [0.25, 0.3) is 0 Å². The van der Waals surface area contributed by atoms with E-state index in [0.29, 0.717) is 11.0 Å². The molecule has 0 radical (unpaired) electrons. The first-order valence-electron chi connectivity index (χ1n) is 6.08. The minimum Gasteiger partial charge on any atom is -0.382 e. The van der Waals surface area contributed by atoms with E-state index < -0.39 is 9.84 Å². The van der Waals surface area contributed by atoms with Crippen LogP contribution in [0.5, 0.6) is 0 Å². The minimum atomic E-state index is -3.28. The molecule has 0 amide bonds. The molecule has 2 fully saturated rings. The molecule has 1 aromatic heterocycles. The topological polar surface area (TPSA) is 85.1 Å². The highest BCUT2D eigenvalue weighted by atomic mass is 32.2. The molecule has 18 heavy (non-hydrogen) atoms. The Morgan fingerprint density at radius 3 is 2.56 bits per heavy atom. The van der Waals surface area contributed by atoms with E-state index in [4.69, 9.17) is 5.73 Å². The smallest absolute Gasteiger partial charge is 0.187 e. The van der Waals surface area contributed by atoms with Crippen molar-refractivity contribution in [3.05, 3.63) is 0 Å². The van der Waals surface area contributed by atoms with Crippen LogP contribution in [0.15, 0.2) is 4.90 Å². The highest BCUT2D eigenvalue weighted by Gasteiger charge is 2.47. The average Bonchev–Trinajstić information content (AvgIpc) is 3.12. The molecular formula is C11H17N3O2S2. The van der Waals surface area contributed by atoms with Gasteiger partial charge in [-0.1, -0.05) is 13.8 Å². The van der Waals surface area contributed by atoms with Crippen molar-refractivity contribution in [1.82, 2.24) is 4.37 Å². The quantitative estimate of drug-likeness (QED) is 0.883. The van der Waals surface area contributed by atoms with Gasteiger partial charge in [-0.3, -0.25) is 0 Å². The molecule has 2 saturated carbocycles. The first-order chi connectivity index (χ1) is 8.32. The molecule has 3 rings (SSSR count). The number of sulfone groups is 1. The van der Waals surface area contributed by atoms with Crippen LogP contribution in [-0.2, 0) is 9.84 Å². The van der Waals surface area contributed by atoms with Crippen LogP contribution in [-0.4, -0.2) is 24.1 Å². The Bertz CT molecular complexity index is 587. The van der Waals surface area contributed by atoms with E-state index in [-0.39, 0.29) is 21.4 Å². The normalized spacial score (nSPS) is 26.0. The molecule has 1 atom stereocenters.